The third-order valence-corrected chi connectivity index (χ3v) is 7.43. The molecule has 31 heavy (non-hydrogen) atoms. The third-order valence-electron chi connectivity index (χ3n) is 6.33. The Kier molecular flexibility index (Phi) is 7.05. The van der Waals surface area contributed by atoms with Gasteiger partial charge >= 0.3 is 0 Å². The van der Waals surface area contributed by atoms with Gasteiger partial charge in [-0.25, -0.2) is 9.97 Å². The summed E-state index contributed by atoms with van der Waals surface area (Å²) in [5.41, 5.74) is 1.27. The van der Waals surface area contributed by atoms with E-state index in [1.165, 1.54) is 15.8 Å². The van der Waals surface area contributed by atoms with Crippen molar-refractivity contribution in [2.75, 3.05) is 65.3 Å². The van der Waals surface area contributed by atoms with Crippen LogP contribution in [0.3, 0.4) is 0 Å². The van der Waals surface area contributed by atoms with Crippen molar-refractivity contribution in [1.82, 2.24) is 24.7 Å². The van der Waals surface area contributed by atoms with Crippen LogP contribution in [0, 0.1) is 13.8 Å². The van der Waals surface area contributed by atoms with Crippen molar-refractivity contribution in [3.8, 4) is 0 Å². The van der Waals surface area contributed by atoms with Crippen LogP contribution in [0.25, 0.3) is 10.2 Å². The largest absolute Gasteiger partial charge is 0.379 e. The lowest BCUT2D eigenvalue weighted by Crippen LogP contribution is -2.44. The molecule has 0 aliphatic carbocycles. The third kappa shape index (κ3) is 5.34. The van der Waals surface area contributed by atoms with E-state index in [0.717, 1.165) is 75.3 Å². The van der Waals surface area contributed by atoms with Crippen molar-refractivity contribution in [3.63, 3.8) is 0 Å². The van der Waals surface area contributed by atoms with Crippen LogP contribution in [0.15, 0.2) is 0 Å². The highest BCUT2D eigenvalue weighted by molar-refractivity contribution is 7.18. The summed E-state index contributed by atoms with van der Waals surface area (Å²) in [5, 5.41) is 4.91. The van der Waals surface area contributed by atoms with E-state index in [-0.39, 0.29) is 5.91 Å². The van der Waals surface area contributed by atoms with Crippen molar-refractivity contribution in [2.24, 2.45) is 0 Å². The van der Waals surface area contributed by atoms with Crippen LogP contribution >= 0.6 is 11.3 Å². The zero-order chi connectivity index (χ0) is 22.0. The van der Waals surface area contributed by atoms with Crippen LogP contribution in [0.2, 0.25) is 0 Å². The highest BCUT2D eigenvalue weighted by Gasteiger charge is 2.24. The monoisotopic (exact) mass is 446 g/mol. The Morgan fingerprint density at radius 1 is 1.13 bits per heavy atom. The molecular weight excluding hydrogens is 412 g/mol. The topological polar surface area (TPSA) is 73.8 Å². The number of carbonyl (C=O) groups is 1. The number of carbonyl (C=O) groups excluding carboxylic acids is 1. The molecule has 1 amide bonds. The molecule has 170 valence electrons. The fourth-order valence-electron chi connectivity index (χ4n) is 4.19. The predicted molar refractivity (Wildman–Crippen MR) is 125 cm³/mol. The molecule has 2 aliphatic heterocycles. The van der Waals surface area contributed by atoms with Gasteiger partial charge in [0.15, 0.2) is 0 Å². The SMILES string of the molecule is Cc1sc2nc(CN3CCOCC3)nc(NC3CCN(CC(=O)N(C)C)CC3)c2c1C. The summed E-state index contributed by atoms with van der Waals surface area (Å²) in [6, 6.07) is 0.361. The molecule has 0 unspecified atom stereocenters. The molecule has 4 heterocycles. The normalized spacial score (nSPS) is 19.1. The lowest BCUT2D eigenvalue weighted by molar-refractivity contribution is -0.130. The van der Waals surface area contributed by atoms with Crippen molar-refractivity contribution in [1.29, 1.82) is 0 Å². The van der Waals surface area contributed by atoms with Gasteiger partial charge in [-0.3, -0.25) is 14.6 Å². The summed E-state index contributed by atoms with van der Waals surface area (Å²) >= 11 is 1.76. The van der Waals surface area contributed by atoms with E-state index in [2.05, 4.69) is 29.0 Å². The minimum absolute atomic E-state index is 0.168. The van der Waals surface area contributed by atoms with Gasteiger partial charge in [0.2, 0.25) is 5.91 Å². The number of likely N-dealkylation sites (N-methyl/N-ethyl adjacent to an activating group) is 1. The second-order valence-electron chi connectivity index (χ2n) is 8.82. The Bertz CT molecular complexity index is 916. The van der Waals surface area contributed by atoms with Gasteiger partial charge in [0.25, 0.3) is 0 Å². The molecule has 0 aromatic carbocycles. The van der Waals surface area contributed by atoms with Gasteiger partial charge in [0.1, 0.15) is 16.5 Å². The van der Waals surface area contributed by atoms with Gasteiger partial charge < -0.3 is 15.0 Å². The van der Waals surface area contributed by atoms with Crippen molar-refractivity contribution in [2.45, 2.75) is 39.3 Å². The number of morpholine rings is 1. The average molecular weight is 447 g/mol. The van der Waals surface area contributed by atoms with Crippen LogP contribution in [-0.4, -0.2) is 96.6 Å². The highest BCUT2D eigenvalue weighted by atomic mass is 32.1. The van der Waals surface area contributed by atoms with Crippen LogP contribution in [0.5, 0.6) is 0 Å². The molecule has 0 atom stereocenters. The molecule has 0 spiro atoms. The van der Waals surface area contributed by atoms with Crippen LogP contribution in [0.4, 0.5) is 5.82 Å². The Morgan fingerprint density at radius 3 is 2.52 bits per heavy atom. The van der Waals surface area contributed by atoms with Crippen LogP contribution in [-0.2, 0) is 16.1 Å². The van der Waals surface area contributed by atoms with E-state index in [9.17, 15) is 4.79 Å². The maximum absolute atomic E-state index is 12.0. The number of likely N-dealkylation sites (tertiary alicyclic amines) is 1. The lowest BCUT2D eigenvalue weighted by Gasteiger charge is -2.33. The number of anilines is 1. The summed E-state index contributed by atoms with van der Waals surface area (Å²) in [5.74, 6) is 2.02. The van der Waals surface area contributed by atoms with E-state index in [0.29, 0.717) is 12.6 Å². The highest BCUT2D eigenvalue weighted by Crippen LogP contribution is 2.34. The summed E-state index contributed by atoms with van der Waals surface area (Å²) in [4.78, 5) is 30.5. The van der Waals surface area contributed by atoms with Crippen LogP contribution < -0.4 is 5.32 Å². The standard InChI is InChI=1S/C22H34N6O2S/c1-15-16(2)31-22-20(15)21(24-18(25-22)13-28-9-11-30-12-10-28)23-17-5-7-27(8-6-17)14-19(29)26(3)4/h17H,5-14H2,1-4H3,(H,23,24,25). The molecule has 2 aromatic rings. The molecule has 4 rings (SSSR count). The number of amides is 1. The first-order valence-corrected chi connectivity index (χ1v) is 12.0. The number of ether oxygens (including phenoxy) is 1. The first-order valence-electron chi connectivity index (χ1n) is 11.2. The number of rotatable bonds is 6. The molecule has 2 saturated heterocycles. The number of piperidine rings is 1. The van der Waals surface area contributed by atoms with Gasteiger partial charge in [-0.15, -0.1) is 11.3 Å². The Morgan fingerprint density at radius 2 is 1.84 bits per heavy atom. The minimum atomic E-state index is 0.168. The van der Waals surface area contributed by atoms with E-state index in [1.54, 1.807) is 16.2 Å². The number of aromatic nitrogens is 2. The van der Waals surface area contributed by atoms with Crippen molar-refractivity contribution >= 4 is 33.3 Å². The van der Waals surface area contributed by atoms with E-state index >= 15 is 0 Å². The number of aryl methyl sites for hydroxylation is 2. The fraction of sp³-hybridized carbons (Fsp3) is 0.682. The number of nitrogens with zero attached hydrogens (tertiary/aromatic N) is 5. The molecule has 0 bridgehead atoms. The van der Waals surface area contributed by atoms with Gasteiger partial charge in [-0.2, -0.15) is 0 Å². The molecule has 2 fully saturated rings. The smallest absolute Gasteiger partial charge is 0.236 e. The summed E-state index contributed by atoms with van der Waals surface area (Å²) in [6.07, 6.45) is 2.01. The number of thiophene rings is 1. The number of hydrogen-bond donors (Lipinski definition) is 1. The van der Waals surface area contributed by atoms with Crippen molar-refractivity contribution < 1.29 is 9.53 Å². The fourth-order valence-corrected chi connectivity index (χ4v) is 5.24. The summed E-state index contributed by atoms with van der Waals surface area (Å²) < 4.78 is 5.48. The minimum Gasteiger partial charge on any atom is -0.379 e. The molecular formula is C22H34N6O2S. The maximum atomic E-state index is 12.0. The average Bonchev–Trinajstić information content (AvgIpc) is 3.03. The van der Waals surface area contributed by atoms with E-state index < -0.39 is 0 Å². The zero-order valence-electron chi connectivity index (χ0n) is 19.1. The van der Waals surface area contributed by atoms with Gasteiger partial charge in [-0.1, -0.05) is 0 Å². The number of fused-ring (bicyclic) bond motifs is 1. The molecule has 0 radical (unpaired) electrons. The van der Waals surface area contributed by atoms with Gasteiger partial charge in [0.05, 0.1) is 31.7 Å². The van der Waals surface area contributed by atoms with Crippen molar-refractivity contribution in [3.05, 3.63) is 16.3 Å². The van der Waals surface area contributed by atoms with E-state index in [1.807, 2.05) is 14.1 Å². The second kappa shape index (κ2) is 9.77. The first kappa shape index (κ1) is 22.4. The quantitative estimate of drug-likeness (QED) is 0.728. The lowest BCUT2D eigenvalue weighted by atomic mass is 10.0. The predicted octanol–water partition coefficient (Wildman–Crippen LogP) is 2.10. The molecule has 8 nitrogen and oxygen atoms in total. The molecule has 2 aliphatic rings. The first-order chi connectivity index (χ1) is 14.9. The Labute approximate surface area is 188 Å². The van der Waals surface area contributed by atoms with E-state index in [4.69, 9.17) is 14.7 Å². The molecule has 9 heteroatoms. The number of hydrogen-bond acceptors (Lipinski definition) is 8. The summed E-state index contributed by atoms with van der Waals surface area (Å²) in [7, 11) is 3.63. The van der Waals surface area contributed by atoms with Gasteiger partial charge in [-0.05, 0) is 32.3 Å². The number of nitrogens with one attached hydrogen (secondary N) is 1. The molecule has 1 N–H and O–H groups in total. The Balaban J connectivity index is 1.48. The second-order valence-corrected chi connectivity index (χ2v) is 10.0. The van der Waals surface area contributed by atoms with Gasteiger partial charge in [0, 0.05) is 51.2 Å². The Hall–Kier alpha value is -1.81. The zero-order valence-corrected chi connectivity index (χ0v) is 19.9. The summed E-state index contributed by atoms with van der Waals surface area (Å²) in [6.45, 7) is 10.8. The molecule has 0 saturated carbocycles. The van der Waals surface area contributed by atoms with Crippen LogP contribution in [0.1, 0.15) is 29.1 Å². The maximum Gasteiger partial charge on any atom is 0.236 e. The molecule has 2 aromatic heterocycles.